The Bertz CT molecular complexity index is 804. The number of carbonyl (C=O) groups is 3. The zero-order chi connectivity index (χ0) is 16.7. The van der Waals surface area contributed by atoms with Crippen molar-refractivity contribution in [2.24, 2.45) is 0 Å². The van der Waals surface area contributed by atoms with Crippen molar-refractivity contribution >= 4 is 17.8 Å². The number of hydrogen-bond donors (Lipinski definition) is 0. The third-order valence-corrected chi connectivity index (χ3v) is 3.85. The first-order valence-corrected chi connectivity index (χ1v) is 7.60. The number of nitrogens with zero attached hydrogens (tertiary/aromatic N) is 1. The van der Waals surface area contributed by atoms with Gasteiger partial charge in [0.1, 0.15) is 5.75 Å². The summed E-state index contributed by atoms with van der Waals surface area (Å²) in [6.07, 6.45) is 2.36. The number of imide groups is 1. The smallest absolute Gasteiger partial charge is 0.363 e. The molecule has 0 saturated heterocycles. The third-order valence-electron chi connectivity index (χ3n) is 3.85. The molecule has 0 N–H and O–H groups in total. The monoisotopic (exact) mass is 323 g/mol. The molecular formula is C18H13NO5. The van der Waals surface area contributed by atoms with Crippen LogP contribution in [0.1, 0.15) is 43.9 Å². The fourth-order valence-corrected chi connectivity index (χ4v) is 2.43. The molecule has 0 unspecified atom stereocenters. The SMILES string of the molecule is O=C(ON1C(=O)c2ccccc2C1=O)c1ccc(OC2CC2)cc1. The Labute approximate surface area is 137 Å². The van der Waals surface area contributed by atoms with Gasteiger partial charge in [-0.05, 0) is 49.2 Å². The van der Waals surface area contributed by atoms with Crippen LogP contribution in [0.25, 0.3) is 0 Å². The van der Waals surface area contributed by atoms with Crippen LogP contribution in [-0.2, 0) is 4.84 Å². The summed E-state index contributed by atoms with van der Waals surface area (Å²) < 4.78 is 5.60. The maximum Gasteiger partial charge on any atom is 0.363 e. The molecule has 4 rings (SSSR count). The summed E-state index contributed by atoms with van der Waals surface area (Å²) in [7, 11) is 0. The second kappa shape index (κ2) is 5.49. The summed E-state index contributed by atoms with van der Waals surface area (Å²) in [5.41, 5.74) is 0.682. The first-order valence-electron chi connectivity index (χ1n) is 7.60. The molecule has 1 aliphatic heterocycles. The van der Waals surface area contributed by atoms with Crippen LogP contribution in [0.4, 0.5) is 0 Å². The number of rotatable bonds is 4. The molecule has 1 saturated carbocycles. The summed E-state index contributed by atoms with van der Waals surface area (Å²) in [5.74, 6) is -1.38. The van der Waals surface area contributed by atoms with Crippen LogP contribution in [-0.4, -0.2) is 29.0 Å². The van der Waals surface area contributed by atoms with Gasteiger partial charge in [0.25, 0.3) is 11.8 Å². The molecule has 0 radical (unpaired) electrons. The molecule has 2 aromatic rings. The van der Waals surface area contributed by atoms with Crippen molar-refractivity contribution in [3.05, 3.63) is 65.2 Å². The number of amides is 2. The lowest BCUT2D eigenvalue weighted by Crippen LogP contribution is -2.32. The Kier molecular flexibility index (Phi) is 3.30. The van der Waals surface area contributed by atoms with Crippen LogP contribution in [0.5, 0.6) is 5.75 Å². The molecule has 6 heteroatoms. The predicted molar refractivity (Wildman–Crippen MR) is 82.4 cm³/mol. The number of fused-ring (bicyclic) bond motifs is 1. The summed E-state index contributed by atoms with van der Waals surface area (Å²) in [6.45, 7) is 0. The molecule has 0 bridgehead atoms. The molecule has 1 heterocycles. The van der Waals surface area contributed by atoms with Gasteiger partial charge in [0, 0.05) is 0 Å². The van der Waals surface area contributed by atoms with E-state index in [2.05, 4.69) is 0 Å². The maximum atomic E-state index is 12.2. The Morgan fingerprint density at radius 2 is 1.50 bits per heavy atom. The van der Waals surface area contributed by atoms with Crippen LogP contribution in [0.3, 0.4) is 0 Å². The van der Waals surface area contributed by atoms with Gasteiger partial charge in [-0.25, -0.2) is 4.79 Å². The van der Waals surface area contributed by atoms with Gasteiger partial charge in [-0.3, -0.25) is 9.59 Å². The lowest BCUT2D eigenvalue weighted by Gasteiger charge is -2.13. The average molecular weight is 323 g/mol. The van der Waals surface area contributed by atoms with Crippen molar-refractivity contribution in [2.75, 3.05) is 0 Å². The van der Waals surface area contributed by atoms with Gasteiger partial charge in [0.05, 0.1) is 22.8 Å². The first kappa shape index (κ1) is 14.4. The number of ether oxygens (including phenoxy) is 1. The zero-order valence-corrected chi connectivity index (χ0v) is 12.6. The van der Waals surface area contributed by atoms with Gasteiger partial charge < -0.3 is 9.57 Å². The predicted octanol–water partition coefficient (Wildman–Crippen LogP) is 2.60. The molecule has 2 amide bonds. The van der Waals surface area contributed by atoms with Crippen LogP contribution >= 0.6 is 0 Å². The highest BCUT2D eigenvalue weighted by Gasteiger charge is 2.38. The standard InChI is InChI=1S/C18H13NO5/c20-16-14-3-1-2-4-15(14)17(21)19(16)24-18(22)11-5-7-12(8-6-11)23-13-9-10-13/h1-8,13H,9-10H2. The van der Waals surface area contributed by atoms with Crippen molar-refractivity contribution in [2.45, 2.75) is 18.9 Å². The number of hydroxylamine groups is 2. The lowest BCUT2D eigenvalue weighted by molar-refractivity contribution is -0.0584. The highest BCUT2D eigenvalue weighted by molar-refractivity contribution is 6.21. The number of hydrogen-bond acceptors (Lipinski definition) is 5. The van der Waals surface area contributed by atoms with Gasteiger partial charge in [-0.2, -0.15) is 0 Å². The Balaban J connectivity index is 1.48. The lowest BCUT2D eigenvalue weighted by atomic mass is 10.1. The molecule has 2 aromatic carbocycles. The van der Waals surface area contributed by atoms with Crippen LogP contribution in [0.2, 0.25) is 0 Å². The van der Waals surface area contributed by atoms with Crippen molar-refractivity contribution < 1.29 is 24.0 Å². The molecule has 6 nitrogen and oxygen atoms in total. The molecule has 0 spiro atoms. The van der Waals surface area contributed by atoms with Crippen molar-refractivity contribution in [3.63, 3.8) is 0 Å². The molecule has 24 heavy (non-hydrogen) atoms. The first-order chi connectivity index (χ1) is 11.6. The zero-order valence-electron chi connectivity index (χ0n) is 12.6. The van der Waals surface area contributed by atoms with Crippen molar-refractivity contribution in [1.29, 1.82) is 0 Å². The minimum Gasteiger partial charge on any atom is -0.490 e. The van der Waals surface area contributed by atoms with E-state index in [1.54, 1.807) is 24.3 Å². The quantitative estimate of drug-likeness (QED) is 0.809. The summed E-state index contributed by atoms with van der Waals surface area (Å²) >= 11 is 0. The van der Waals surface area contributed by atoms with Crippen LogP contribution in [0, 0.1) is 0 Å². The largest absolute Gasteiger partial charge is 0.490 e. The fourth-order valence-electron chi connectivity index (χ4n) is 2.43. The van der Waals surface area contributed by atoms with E-state index in [4.69, 9.17) is 9.57 Å². The van der Waals surface area contributed by atoms with E-state index in [0.29, 0.717) is 10.8 Å². The van der Waals surface area contributed by atoms with E-state index in [0.717, 1.165) is 12.8 Å². The Morgan fingerprint density at radius 3 is 2.04 bits per heavy atom. The highest BCUT2D eigenvalue weighted by Crippen LogP contribution is 2.27. The molecular weight excluding hydrogens is 310 g/mol. The normalized spacial score (nSPS) is 16.1. The highest BCUT2D eigenvalue weighted by atomic mass is 16.7. The van der Waals surface area contributed by atoms with E-state index in [9.17, 15) is 14.4 Å². The Hall–Kier alpha value is -3.15. The topological polar surface area (TPSA) is 72.9 Å². The summed E-state index contributed by atoms with van der Waals surface area (Å²) in [6, 6.07) is 12.7. The molecule has 0 atom stereocenters. The second-order valence-corrected chi connectivity index (χ2v) is 5.67. The van der Waals surface area contributed by atoms with Crippen molar-refractivity contribution in [1.82, 2.24) is 5.06 Å². The van der Waals surface area contributed by atoms with Gasteiger partial charge in [-0.1, -0.05) is 17.2 Å². The van der Waals surface area contributed by atoms with Gasteiger partial charge in [-0.15, -0.1) is 0 Å². The molecule has 120 valence electrons. The summed E-state index contributed by atoms with van der Waals surface area (Å²) in [4.78, 5) is 41.5. The molecule has 1 fully saturated rings. The van der Waals surface area contributed by atoms with Crippen LogP contribution in [0.15, 0.2) is 48.5 Å². The van der Waals surface area contributed by atoms with E-state index in [-0.39, 0.29) is 22.8 Å². The van der Waals surface area contributed by atoms with Crippen LogP contribution < -0.4 is 4.74 Å². The minimum atomic E-state index is -0.775. The van der Waals surface area contributed by atoms with E-state index >= 15 is 0 Å². The van der Waals surface area contributed by atoms with E-state index in [1.165, 1.54) is 24.3 Å². The van der Waals surface area contributed by atoms with E-state index in [1.807, 2.05) is 0 Å². The average Bonchev–Trinajstić information content (AvgIpc) is 3.39. The molecule has 0 aromatic heterocycles. The van der Waals surface area contributed by atoms with Crippen molar-refractivity contribution in [3.8, 4) is 5.75 Å². The molecule has 2 aliphatic rings. The number of benzene rings is 2. The van der Waals surface area contributed by atoms with Gasteiger partial charge in [0.15, 0.2) is 0 Å². The number of carbonyl (C=O) groups excluding carboxylic acids is 3. The Morgan fingerprint density at radius 1 is 0.917 bits per heavy atom. The van der Waals surface area contributed by atoms with Gasteiger partial charge in [0.2, 0.25) is 0 Å². The maximum absolute atomic E-state index is 12.2. The second-order valence-electron chi connectivity index (χ2n) is 5.67. The fraction of sp³-hybridized carbons (Fsp3) is 0.167. The third kappa shape index (κ3) is 2.52. The van der Waals surface area contributed by atoms with E-state index < -0.39 is 17.8 Å². The van der Waals surface area contributed by atoms with Gasteiger partial charge >= 0.3 is 5.97 Å². The summed E-state index contributed by atoms with van der Waals surface area (Å²) in [5, 5.41) is 0.502. The minimum absolute atomic E-state index is 0.225. The molecule has 1 aliphatic carbocycles.